The summed E-state index contributed by atoms with van der Waals surface area (Å²) in [4.78, 5) is 4.22. The molecular formula is C9H18N4S. The van der Waals surface area contributed by atoms with Crippen LogP contribution in [-0.2, 0) is 0 Å². The fourth-order valence-electron chi connectivity index (χ4n) is 0.979. The Kier molecular flexibility index (Phi) is 4.97. The average Bonchev–Trinajstić information content (AvgIpc) is 2.58. The number of rotatable bonds is 6. The van der Waals surface area contributed by atoms with Crippen LogP contribution < -0.4 is 5.32 Å². The minimum atomic E-state index is 0.601. The summed E-state index contributed by atoms with van der Waals surface area (Å²) in [5.74, 6) is 1.89. The molecule has 0 radical (unpaired) electrons. The lowest BCUT2D eigenvalue weighted by Gasteiger charge is -2.09. The van der Waals surface area contributed by atoms with Gasteiger partial charge in [-0.15, -0.1) is 5.10 Å². The van der Waals surface area contributed by atoms with E-state index in [1.807, 2.05) is 6.92 Å². The van der Waals surface area contributed by atoms with E-state index in [4.69, 9.17) is 0 Å². The summed E-state index contributed by atoms with van der Waals surface area (Å²) < 4.78 is 0. The molecule has 5 heteroatoms. The van der Waals surface area contributed by atoms with Crippen molar-refractivity contribution in [3.8, 4) is 0 Å². The van der Waals surface area contributed by atoms with E-state index in [1.54, 1.807) is 11.8 Å². The van der Waals surface area contributed by atoms with Crippen molar-refractivity contribution in [2.45, 2.75) is 38.4 Å². The molecule has 0 spiro atoms. The van der Waals surface area contributed by atoms with Crippen LogP contribution in [0, 0.1) is 6.92 Å². The molecule has 80 valence electrons. The fraction of sp³-hybridized carbons (Fsp3) is 0.778. The highest BCUT2D eigenvalue weighted by Gasteiger charge is 2.00. The van der Waals surface area contributed by atoms with Gasteiger partial charge in [-0.3, -0.25) is 5.10 Å². The predicted molar refractivity (Wildman–Crippen MR) is 59.6 cm³/mol. The number of H-pyrrole nitrogens is 1. The summed E-state index contributed by atoms with van der Waals surface area (Å²) in [5, 5.41) is 11.1. The molecule has 0 fully saturated rings. The van der Waals surface area contributed by atoms with Gasteiger partial charge in [-0.2, -0.15) is 0 Å². The number of hydrogen-bond donors (Lipinski definition) is 2. The molecule has 0 amide bonds. The van der Waals surface area contributed by atoms with Gasteiger partial charge in [-0.1, -0.05) is 18.7 Å². The van der Waals surface area contributed by atoms with Crippen LogP contribution >= 0.6 is 11.8 Å². The number of hydrogen-bond acceptors (Lipinski definition) is 4. The van der Waals surface area contributed by atoms with Gasteiger partial charge in [-0.25, -0.2) is 4.98 Å². The number of aromatic amines is 1. The van der Waals surface area contributed by atoms with Gasteiger partial charge >= 0.3 is 0 Å². The van der Waals surface area contributed by atoms with Crippen molar-refractivity contribution in [3.63, 3.8) is 0 Å². The Hall–Kier alpha value is -0.550. The zero-order valence-electron chi connectivity index (χ0n) is 9.00. The summed E-state index contributed by atoms with van der Waals surface area (Å²) in [6.07, 6.45) is 1.17. The average molecular weight is 214 g/mol. The lowest BCUT2D eigenvalue weighted by atomic mass is 10.3. The van der Waals surface area contributed by atoms with Crippen LogP contribution in [0.3, 0.4) is 0 Å². The second-order valence-electron chi connectivity index (χ2n) is 3.32. The van der Waals surface area contributed by atoms with Gasteiger partial charge in [0, 0.05) is 18.3 Å². The van der Waals surface area contributed by atoms with Gasteiger partial charge in [0.2, 0.25) is 5.16 Å². The van der Waals surface area contributed by atoms with Crippen molar-refractivity contribution in [2.24, 2.45) is 0 Å². The van der Waals surface area contributed by atoms with E-state index in [1.165, 1.54) is 6.42 Å². The second kappa shape index (κ2) is 6.03. The Labute approximate surface area is 89.3 Å². The standard InChI is InChI=1S/C9H18N4S/c1-4-7(2)10-5-6-14-9-11-8(3)12-13-9/h7,10H,4-6H2,1-3H3,(H,11,12,13). The Morgan fingerprint density at radius 2 is 2.36 bits per heavy atom. The minimum Gasteiger partial charge on any atom is -0.313 e. The molecule has 0 saturated heterocycles. The smallest absolute Gasteiger partial charge is 0.208 e. The molecule has 1 atom stereocenters. The van der Waals surface area contributed by atoms with Crippen LogP contribution in [0.15, 0.2) is 5.16 Å². The second-order valence-corrected chi connectivity index (χ2v) is 4.38. The minimum absolute atomic E-state index is 0.601. The third-order valence-corrected chi connectivity index (χ3v) is 2.86. The molecule has 1 heterocycles. The van der Waals surface area contributed by atoms with Gasteiger partial charge in [-0.05, 0) is 20.3 Å². The molecule has 0 aliphatic rings. The van der Waals surface area contributed by atoms with Gasteiger partial charge in [0.05, 0.1) is 0 Å². The number of nitrogens with one attached hydrogen (secondary N) is 2. The first-order valence-corrected chi connectivity index (χ1v) is 5.96. The first-order chi connectivity index (χ1) is 6.72. The lowest BCUT2D eigenvalue weighted by molar-refractivity contribution is 0.555. The van der Waals surface area contributed by atoms with E-state index in [0.29, 0.717) is 6.04 Å². The zero-order chi connectivity index (χ0) is 10.4. The van der Waals surface area contributed by atoms with E-state index >= 15 is 0 Å². The highest BCUT2D eigenvalue weighted by molar-refractivity contribution is 7.99. The summed E-state index contributed by atoms with van der Waals surface area (Å²) in [6, 6.07) is 0.601. The molecule has 1 rings (SSSR count). The Balaban J connectivity index is 2.10. The van der Waals surface area contributed by atoms with E-state index in [9.17, 15) is 0 Å². The lowest BCUT2D eigenvalue weighted by Crippen LogP contribution is -2.27. The Morgan fingerprint density at radius 1 is 1.57 bits per heavy atom. The summed E-state index contributed by atoms with van der Waals surface area (Å²) >= 11 is 1.68. The maximum atomic E-state index is 4.22. The molecule has 0 saturated carbocycles. The molecule has 0 aromatic carbocycles. The van der Waals surface area contributed by atoms with Gasteiger partial charge in [0.15, 0.2) is 0 Å². The molecular weight excluding hydrogens is 196 g/mol. The van der Waals surface area contributed by atoms with Crippen LogP contribution in [0.5, 0.6) is 0 Å². The monoisotopic (exact) mass is 214 g/mol. The van der Waals surface area contributed by atoms with E-state index < -0.39 is 0 Å². The van der Waals surface area contributed by atoms with Crippen LogP contribution in [0.1, 0.15) is 26.1 Å². The third-order valence-electron chi connectivity index (χ3n) is 2.02. The molecule has 0 bridgehead atoms. The quantitative estimate of drug-likeness (QED) is 0.558. The third kappa shape index (κ3) is 4.11. The molecule has 2 N–H and O–H groups in total. The Morgan fingerprint density at radius 3 is 2.93 bits per heavy atom. The van der Waals surface area contributed by atoms with Crippen molar-refractivity contribution in [3.05, 3.63) is 5.82 Å². The molecule has 14 heavy (non-hydrogen) atoms. The van der Waals surface area contributed by atoms with Crippen molar-refractivity contribution in [1.29, 1.82) is 0 Å². The maximum absolute atomic E-state index is 4.22. The van der Waals surface area contributed by atoms with Crippen LogP contribution in [0.25, 0.3) is 0 Å². The molecule has 1 aromatic heterocycles. The predicted octanol–water partition coefficient (Wildman–Crippen LogP) is 1.59. The highest BCUT2D eigenvalue weighted by Crippen LogP contribution is 2.10. The van der Waals surface area contributed by atoms with Crippen molar-refractivity contribution < 1.29 is 0 Å². The molecule has 4 nitrogen and oxygen atoms in total. The summed E-state index contributed by atoms with van der Waals surface area (Å²) in [6.45, 7) is 7.30. The number of thioether (sulfide) groups is 1. The number of aromatic nitrogens is 3. The number of nitrogens with zero attached hydrogens (tertiary/aromatic N) is 2. The van der Waals surface area contributed by atoms with Gasteiger partial charge < -0.3 is 5.32 Å². The topological polar surface area (TPSA) is 53.6 Å². The van der Waals surface area contributed by atoms with Crippen molar-refractivity contribution in [1.82, 2.24) is 20.5 Å². The van der Waals surface area contributed by atoms with Gasteiger partial charge in [0.1, 0.15) is 5.82 Å². The molecule has 1 aromatic rings. The molecule has 0 aliphatic carbocycles. The maximum Gasteiger partial charge on any atom is 0.208 e. The first-order valence-electron chi connectivity index (χ1n) is 4.97. The van der Waals surface area contributed by atoms with E-state index in [0.717, 1.165) is 23.3 Å². The summed E-state index contributed by atoms with van der Waals surface area (Å²) in [5.41, 5.74) is 0. The van der Waals surface area contributed by atoms with Crippen LogP contribution in [-0.4, -0.2) is 33.5 Å². The fourth-order valence-corrected chi connectivity index (χ4v) is 1.69. The normalized spacial score (nSPS) is 13.1. The molecule has 1 unspecified atom stereocenters. The van der Waals surface area contributed by atoms with Crippen molar-refractivity contribution >= 4 is 11.8 Å². The zero-order valence-corrected chi connectivity index (χ0v) is 9.82. The molecule has 0 aliphatic heterocycles. The van der Waals surface area contributed by atoms with Gasteiger partial charge in [0.25, 0.3) is 0 Å². The van der Waals surface area contributed by atoms with Crippen LogP contribution in [0.2, 0.25) is 0 Å². The first kappa shape index (κ1) is 11.5. The van der Waals surface area contributed by atoms with E-state index in [2.05, 4.69) is 34.3 Å². The highest BCUT2D eigenvalue weighted by atomic mass is 32.2. The van der Waals surface area contributed by atoms with E-state index in [-0.39, 0.29) is 0 Å². The largest absolute Gasteiger partial charge is 0.313 e. The van der Waals surface area contributed by atoms with Crippen molar-refractivity contribution in [2.75, 3.05) is 12.3 Å². The summed E-state index contributed by atoms with van der Waals surface area (Å²) in [7, 11) is 0. The Bertz CT molecular complexity index is 261. The van der Waals surface area contributed by atoms with Crippen LogP contribution in [0.4, 0.5) is 0 Å². The SMILES string of the molecule is CCC(C)NCCSc1n[nH]c(C)n1. The number of aryl methyl sites for hydroxylation is 1.